The summed E-state index contributed by atoms with van der Waals surface area (Å²) in [6.45, 7) is 3.85. The number of nitrogens with zero attached hydrogens (tertiary/aromatic N) is 3. The second-order valence-corrected chi connectivity index (χ2v) is 9.27. The van der Waals surface area contributed by atoms with E-state index in [2.05, 4.69) is 93.8 Å². The quantitative estimate of drug-likeness (QED) is 0.264. The minimum absolute atomic E-state index is 0.743. The van der Waals surface area contributed by atoms with Crippen molar-refractivity contribution in [2.24, 2.45) is 0 Å². The van der Waals surface area contributed by atoms with E-state index >= 15 is 0 Å². The van der Waals surface area contributed by atoms with Crippen molar-refractivity contribution in [1.29, 1.82) is 0 Å². The summed E-state index contributed by atoms with van der Waals surface area (Å²) in [4.78, 5) is 13.7. The third-order valence-electron chi connectivity index (χ3n) is 7.35. The summed E-state index contributed by atoms with van der Waals surface area (Å²) >= 11 is 0. The lowest BCUT2D eigenvalue weighted by molar-refractivity contribution is 0.930. The Bertz CT molecular complexity index is 2070. The van der Waals surface area contributed by atoms with E-state index in [1.54, 1.807) is 0 Å². The van der Waals surface area contributed by atoms with E-state index in [4.69, 9.17) is 0 Å². The van der Waals surface area contributed by atoms with Crippen LogP contribution in [0.2, 0.25) is 0 Å². The van der Waals surface area contributed by atoms with E-state index in [0.717, 1.165) is 23.0 Å². The fourth-order valence-corrected chi connectivity index (χ4v) is 6.15. The van der Waals surface area contributed by atoms with Crippen LogP contribution in [0.25, 0.3) is 76.0 Å². The number of benzene rings is 5. The molecule has 0 saturated heterocycles. The molecule has 0 atom stereocenters. The Morgan fingerprint density at radius 3 is 1.91 bits per heavy atom. The van der Waals surface area contributed by atoms with Gasteiger partial charge in [0.15, 0.2) is 5.82 Å². The van der Waals surface area contributed by atoms with E-state index in [-0.39, 0.29) is 0 Å². The molecule has 3 nitrogen and oxygen atoms in total. The maximum absolute atomic E-state index is 4.68. The third-order valence-corrected chi connectivity index (χ3v) is 7.35. The summed E-state index contributed by atoms with van der Waals surface area (Å²) < 4.78 is 0. The molecule has 0 unspecified atom stereocenters. The highest BCUT2D eigenvalue weighted by Gasteiger charge is 2.21. The molecule has 0 aliphatic heterocycles. The summed E-state index contributed by atoms with van der Waals surface area (Å²) in [5, 5.41) is 15.8. The van der Waals surface area contributed by atoms with Crippen molar-refractivity contribution >= 4 is 64.6 Å². The Morgan fingerprint density at radius 2 is 1.09 bits per heavy atom. The second-order valence-electron chi connectivity index (χ2n) is 9.27. The lowest BCUT2D eigenvalue weighted by Gasteiger charge is -2.08. The van der Waals surface area contributed by atoms with Crippen molar-refractivity contribution in [3.05, 3.63) is 90.5 Å². The molecule has 8 aromatic rings. The molecule has 1 heterocycles. The molecule has 0 spiro atoms. The monoisotopic (exact) mass is 433 g/mol. The van der Waals surface area contributed by atoms with E-state index in [9.17, 15) is 0 Å². The Labute approximate surface area is 195 Å². The molecule has 0 N–H and O–H groups in total. The Morgan fingerprint density at radius 1 is 0.441 bits per heavy atom. The van der Waals surface area contributed by atoms with Crippen molar-refractivity contribution in [2.45, 2.75) is 13.8 Å². The second kappa shape index (κ2) is 6.15. The molecule has 0 aliphatic carbocycles. The van der Waals surface area contributed by atoms with Gasteiger partial charge in [0.05, 0.1) is 0 Å². The average Bonchev–Trinajstić information content (AvgIpc) is 3.35. The van der Waals surface area contributed by atoms with Crippen molar-refractivity contribution in [3.8, 4) is 11.4 Å². The van der Waals surface area contributed by atoms with Gasteiger partial charge in [-0.3, -0.25) is 0 Å². The van der Waals surface area contributed by atoms with Crippen molar-refractivity contribution < 1.29 is 0 Å². The van der Waals surface area contributed by atoms with Crippen LogP contribution in [0.5, 0.6) is 0 Å². The number of aryl methyl sites for hydroxylation is 2. The van der Waals surface area contributed by atoms with E-state index in [1.807, 2.05) is 13.8 Å². The fraction of sp³-hybridized carbons (Fsp3) is 0.0645. The van der Waals surface area contributed by atoms with Crippen LogP contribution in [0.1, 0.15) is 11.6 Å². The minimum Gasteiger partial charge on any atom is -0.219 e. The molecule has 8 rings (SSSR count). The zero-order chi connectivity index (χ0) is 22.6. The van der Waals surface area contributed by atoms with Gasteiger partial charge >= 0.3 is 0 Å². The Kier molecular flexibility index (Phi) is 3.27. The first-order valence-corrected chi connectivity index (χ1v) is 11.6. The lowest BCUT2D eigenvalue weighted by Crippen LogP contribution is -1.99. The molecule has 0 radical (unpaired) electrons. The minimum atomic E-state index is 0.743. The highest BCUT2D eigenvalue weighted by molar-refractivity contribution is 6.45. The predicted octanol–water partition coefficient (Wildman–Crippen LogP) is 7.95. The Hall–Kier alpha value is -4.37. The van der Waals surface area contributed by atoms with Crippen LogP contribution in [0.4, 0.5) is 0 Å². The SMILES string of the molecule is Cc1nc(C)nc(-c2ccc3c4c2cccc4c2cc4cccc5c6ccccc6c(c45)c23)n1. The molecule has 158 valence electrons. The van der Waals surface area contributed by atoms with Crippen LogP contribution in [0.15, 0.2) is 78.9 Å². The fourth-order valence-electron chi connectivity index (χ4n) is 6.15. The highest BCUT2D eigenvalue weighted by Crippen LogP contribution is 2.49. The van der Waals surface area contributed by atoms with Gasteiger partial charge in [-0.2, -0.15) is 0 Å². The number of hydrogen-bond acceptors (Lipinski definition) is 3. The van der Waals surface area contributed by atoms with Gasteiger partial charge in [0.1, 0.15) is 11.6 Å². The largest absolute Gasteiger partial charge is 0.219 e. The van der Waals surface area contributed by atoms with Gasteiger partial charge in [-0.15, -0.1) is 0 Å². The topological polar surface area (TPSA) is 38.7 Å². The molecule has 0 aliphatic rings. The maximum atomic E-state index is 4.68. The molecule has 7 aromatic carbocycles. The van der Waals surface area contributed by atoms with Crippen LogP contribution >= 0.6 is 0 Å². The first kappa shape index (κ1) is 18.1. The van der Waals surface area contributed by atoms with Crippen LogP contribution in [-0.2, 0) is 0 Å². The predicted molar refractivity (Wildman–Crippen MR) is 142 cm³/mol. The van der Waals surface area contributed by atoms with Crippen LogP contribution in [0.3, 0.4) is 0 Å². The van der Waals surface area contributed by atoms with E-state index in [0.29, 0.717) is 0 Å². The number of fused-ring (bicyclic) bond motifs is 7. The zero-order valence-electron chi connectivity index (χ0n) is 18.8. The molecule has 3 heteroatoms. The van der Waals surface area contributed by atoms with E-state index in [1.165, 1.54) is 64.6 Å². The van der Waals surface area contributed by atoms with Gasteiger partial charge in [-0.05, 0) is 90.6 Å². The van der Waals surface area contributed by atoms with Gasteiger partial charge in [0, 0.05) is 5.56 Å². The molecule has 0 saturated carbocycles. The molecule has 34 heavy (non-hydrogen) atoms. The molecular weight excluding hydrogens is 414 g/mol. The third kappa shape index (κ3) is 2.14. The standard InChI is InChI=1S/C31H19N3/c1-16-32-17(2)34-31(33-16)24-13-14-25-28-22(24)11-6-12-23(28)26-15-18-7-5-10-20-19-8-3-4-9-21(19)30(27(18)20)29(25)26/h3-15H,1-2H3. The van der Waals surface area contributed by atoms with Crippen LogP contribution in [-0.4, -0.2) is 15.0 Å². The normalized spacial score (nSPS) is 12.4. The molecule has 1 aromatic heterocycles. The van der Waals surface area contributed by atoms with Crippen molar-refractivity contribution in [3.63, 3.8) is 0 Å². The maximum Gasteiger partial charge on any atom is 0.163 e. The zero-order valence-corrected chi connectivity index (χ0v) is 18.8. The van der Waals surface area contributed by atoms with Gasteiger partial charge in [-0.25, -0.2) is 15.0 Å². The van der Waals surface area contributed by atoms with Gasteiger partial charge in [0.2, 0.25) is 0 Å². The Balaban J connectivity index is 1.63. The average molecular weight is 434 g/mol. The summed E-state index contributed by atoms with van der Waals surface area (Å²) in [5.41, 5.74) is 1.06. The molecule has 0 amide bonds. The smallest absolute Gasteiger partial charge is 0.163 e. The van der Waals surface area contributed by atoms with Crippen LogP contribution in [0, 0.1) is 13.8 Å². The highest BCUT2D eigenvalue weighted by atomic mass is 15.0. The summed E-state index contributed by atoms with van der Waals surface area (Å²) in [7, 11) is 0. The van der Waals surface area contributed by atoms with Crippen molar-refractivity contribution in [1.82, 2.24) is 15.0 Å². The van der Waals surface area contributed by atoms with Crippen molar-refractivity contribution in [2.75, 3.05) is 0 Å². The van der Waals surface area contributed by atoms with E-state index < -0.39 is 0 Å². The number of aromatic nitrogens is 3. The lowest BCUT2D eigenvalue weighted by atomic mass is 9.99. The number of hydrogen-bond donors (Lipinski definition) is 0. The number of rotatable bonds is 1. The summed E-state index contributed by atoms with van der Waals surface area (Å²) in [6.07, 6.45) is 0. The molecule has 0 fully saturated rings. The van der Waals surface area contributed by atoms with Gasteiger partial charge in [-0.1, -0.05) is 66.7 Å². The first-order valence-electron chi connectivity index (χ1n) is 11.6. The van der Waals surface area contributed by atoms with Gasteiger partial charge in [0.25, 0.3) is 0 Å². The van der Waals surface area contributed by atoms with Gasteiger partial charge < -0.3 is 0 Å². The molecule has 0 bridgehead atoms. The van der Waals surface area contributed by atoms with Crippen LogP contribution < -0.4 is 0 Å². The first-order chi connectivity index (χ1) is 16.7. The summed E-state index contributed by atoms with van der Waals surface area (Å²) in [6, 6.07) is 29.0. The molecular formula is C31H19N3. The summed E-state index contributed by atoms with van der Waals surface area (Å²) in [5.74, 6) is 2.24.